The van der Waals surface area contributed by atoms with Crippen LogP contribution >= 0.6 is 0 Å². The van der Waals surface area contributed by atoms with E-state index in [-0.39, 0.29) is 29.9 Å². The molecule has 1 aliphatic heterocycles. The lowest BCUT2D eigenvalue weighted by Gasteiger charge is -2.33. The minimum absolute atomic E-state index is 0.0153. The standard InChI is InChI=1S/C18H22N4O2/c1-12(2)22-15(10-11-19-22)18(24)20-14-8-9-16(23)21-17(14)13-6-4-3-5-7-13/h3-7,10-12,14,17H,8-9H2,1-2H3,(H,20,24)(H,21,23)/t14-,17+/m1/s1. The van der Waals surface area contributed by atoms with E-state index < -0.39 is 0 Å². The Hall–Kier alpha value is -2.63. The predicted octanol–water partition coefficient (Wildman–Crippen LogP) is 2.21. The fraction of sp³-hybridized carbons (Fsp3) is 0.389. The molecule has 0 spiro atoms. The zero-order valence-electron chi connectivity index (χ0n) is 13.9. The molecule has 2 N–H and O–H groups in total. The number of hydrogen-bond donors (Lipinski definition) is 2. The van der Waals surface area contributed by atoms with Crippen LogP contribution in [-0.2, 0) is 4.79 Å². The highest BCUT2D eigenvalue weighted by Crippen LogP contribution is 2.24. The number of nitrogens with one attached hydrogen (secondary N) is 2. The van der Waals surface area contributed by atoms with E-state index in [0.717, 1.165) is 5.56 Å². The maximum Gasteiger partial charge on any atom is 0.269 e. The monoisotopic (exact) mass is 326 g/mol. The second-order valence-electron chi connectivity index (χ2n) is 6.33. The number of amides is 2. The Morgan fingerprint density at radius 3 is 2.75 bits per heavy atom. The van der Waals surface area contributed by atoms with Crippen LogP contribution < -0.4 is 10.6 Å². The van der Waals surface area contributed by atoms with Gasteiger partial charge in [-0.15, -0.1) is 0 Å². The van der Waals surface area contributed by atoms with Gasteiger partial charge in [0.15, 0.2) is 0 Å². The second-order valence-corrected chi connectivity index (χ2v) is 6.33. The van der Waals surface area contributed by atoms with Gasteiger partial charge in [0.2, 0.25) is 5.91 Å². The number of piperidine rings is 1. The molecule has 126 valence electrons. The van der Waals surface area contributed by atoms with Gasteiger partial charge < -0.3 is 10.6 Å². The number of hydrogen-bond acceptors (Lipinski definition) is 3. The third kappa shape index (κ3) is 3.32. The van der Waals surface area contributed by atoms with E-state index in [4.69, 9.17) is 0 Å². The van der Waals surface area contributed by atoms with Gasteiger partial charge in [-0.05, 0) is 31.9 Å². The van der Waals surface area contributed by atoms with Crippen LogP contribution in [-0.4, -0.2) is 27.6 Å². The van der Waals surface area contributed by atoms with Gasteiger partial charge in [0.05, 0.1) is 12.1 Å². The van der Waals surface area contributed by atoms with Gasteiger partial charge in [-0.1, -0.05) is 30.3 Å². The molecule has 2 aromatic rings. The van der Waals surface area contributed by atoms with Gasteiger partial charge in [-0.3, -0.25) is 14.3 Å². The van der Waals surface area contributed by atoms with Crippen molar-refractivity contribution >= 4 is 11.8 Å². The van der Waals surface area contributed by atoms with Gasteiger partial charge in [0.1, 0.15) is 5.69 Å². The van der Waals surface area contributed by atoms with E-state index in [0.29, 0.717) is 18.5 Å². The molecule has 6 heteroatoms. The lowest BCUT2D eigenvalue weighted by atomic mass is 9.92. The van der Waals surface area contributed by atoms with Crippen LogP contribution in [0.25, 0.3) is 0 Å². The molecule has 0 radical (unpaired) electrons. The fourth-order valence-corrected chi connectivity index (χ4v) is 3.08. The van der Waals surface area contributed by atoms with Crippen LogP contribution in [0.15, 0.2) is 42.6 Å². The van der Waals surface area contributed by atoms with Crippen LogP contribution in [0.2, 0.25) is 0 Å². The summed E-state index contributed by atoms with van der Waals surface area (Å²) in [6.07, 6.45) is 2.66. The summed E-state index contributed by atoms with van der Waals surface area (Å²) in [7, 11) is 0. The van der Waals surface area contributed by atoms with Gasteiger partial charge >= 0.3 is 0 Å². The van der Waals surface area contributed by atoms with Crippen LogP contribution in [0.4, 0.5) is 0 Å². The van der Waals surface area contributed by atoms with Crippen molar-refractivity contribution in [2.45, 2.75) is 44.8 Å². The third-order valence-corrected chi connectivity index (χ3v) is 4.27. The van der Waals surface area contributed by atoms with Gasteiger partial charge in [0.25, 0.3) is 5.91 Å². The van der Waals surface area contributed by atoms with E-state index >= 15 is 0 Å². The van der Waals surface area contributed by atoms with E-state index in [9.17, 15) is 9.59 Å². The molecule has 3 rings (SSSR count). The molecule has 0 saturated carbocycles. The Morgan fingerprint density at radius 1 is 1.29 bits per heavy atom. The number of benzene rings is 1. The van der Waals surface area contributed by atoms with Crippen molar-refractivity contribution in [3.8, 4) is 0 Å². The summed E-state index contributed by atoms with van der Waals surface area (Å²) in [6, 6.07) is 11.2. The molecule has 1 saturated heterocycles. The highest BCUT2D eigenvalue weighted by Gasteiger charge is 2.31. The minimum atomic E-state index is -0.216. The fourth-order valence-electron chi connectivity index (χ4n) is 3.08. The predicted molar refractivity (Wildman–Crippen MR) is 90.4 cm³/mol. The molecular weight excluding hydrogens is 304 g/mol. The van der Waals surface area contributed by atoms with Crippen molar-refractivity contribution in [3.63, 3.8) is 0 Å². The average Bonchev–Trinajstić information content (AvgIpc) is 3.07. The Balaban J connectivity index is 1.80. The summed E-state index contributed by atoms with van der Waals surface area (Å²) in [6.45, 7) is 3.97. The molecule has 1 aliphatic rings. The van der Waals surface area contributed by atoms with E-state index in [1.165, 1.54) is 0 Å². The normalized spacial score (nSPS) is 20.7. The number of nitrogens with zero attached hydrogens (tertiary/aromatic N) is 2. The first kappa shape index (κ1) is 16.2. The lowest BCUT2D eigenvalue weighted by Crippen LogP contribution is -2.50. The Morgan fingerprint density at radius 2 is 2.04 bits per heavy atom. The molecule has 2 atom stereocenters. The third-order valence-electron chi connectivity index (χ3n) is 4.27. The summed E-state index contributed by atoms with van der Waals surface area (Å²) >= 11 is 0. The quantitative estimate of drug-likeness (QED) is 0.904. The Bertz CT molecular complexity index is 724. The maximum atomic E-state index is 12.7. The molecule has 1 fully saturated rings. The molecular formula is C18H22N4O2. The number of aromatic nitrogens is 2. The molecule has 0 unspecified atom stereocenters. The van der Waals surface area contributed by atoms with Gasteiger partial charge in [0, 0.05) is 18.7 Å². The second kappa shape index (κ2) is 6.86. The first-order chi connectivity index (χ1) is 11.6. The molecule has 0 aliphatic carbocycles. The van der Waals surface area contributed by atoms with Crippen molar-refractivity contribution < 1.29 is 9.59 Å². The van der Waals surface area contributed by atoms with Gasteiger partial charge in [-0.25, -0.2) is 0 Å². The molecule has 6 nitrogen and oxygen atoms in total. The van der Waals surface area contributed by atoms with Crippen LogP contribution in [0.5, 0.6) is 0 Å². The number of rotatable bonds is 4. The van der Waals surface area contributed by atoms with Crippen LogP contribution in [0.3, 0.4) is 0 Å². The Labute approximate surface area is 141 Å². The first-order valence-electron chi connectivity index (χ1n) is 8.25. The molecule has 2 heterocycles. The van der Waals surface area contributed by atoms with Crippen molar-refractivity contribution in [3.05, 3.63) is 53.9 Å². The summed E-state index contributed by atoms with van der Waals surface area (Å²) in [5.41, 5.74) is 1.53. The zero-order valence-corrected chi connectivity index (χ0v) is 13.9. The minimum Gasteiger partial charge on any atom is -0.347 e. The SMILES string of the molecule is CC(C)n1nccc1C(=O)N[C@@H]1CCC(=O)N[C@H]1c1ccccc1. The molecule has 0 bridgehead atoms. The topological polar surface area (TPSA) is 76.0 Å². The molecule has 1 aromatic heterocycles. The van der Waals surface area contributed by atoms with Crippen molar-refractivity contribution in [2.24, 2.45) is 0 Å². The molecule has 2 amide bonds. The van der Waals surface area contributed by atoms with Crippen molar-refractivity contribution in [1.82, 2.24) is 20.4 Å². The lowest BCUT2D eigenvalue weighted by molar-refractivity contribution is -0.123. The summed E-state index contributed by atoms with van der Waals surface area (Å²) < 4.78 is 1.70. The summed E-state index contributed by atoms with van der Waals surface area (Å²) in [5, 5.41) is 10.3. The summed E-state index contributed by atoms with van der Waals surface area (Å²) in [4.78, 5) is 24.5. The average molecular weight is 326 g/mol. The van der Waals surface area contributed by atoms with Crippen LogP contribution in [0.1, 0.15) is 54.8 Å². The van der Waals surface area contributed by atoms with E-state index in [1.54, 1.807) is 16.9 Å². The summed E-state index contributed by atoms with van der Waals surface area (Å²) in [5.74, 6) is -0.148. The number of carbonyl (C=O) groups excluding carboxylic acids is 2. The smallest absolute Gasteiger partial charge is 0.269 e. The highest BCUT2D eigenvalue weighted by molar-refractivity contribution is 5.93. The van der Waals surface area contributed by atoms with E-state index in [1.807, 2.05) is 44.2 Å². The molecule has 24 heavy (non-hydrogen) atoms. The van der Waals surface area contributed by atoms with Gasteiger partial charge in [-0.2, -0.15) is 5.10 Å². The van der Waals surface area contributed by atoms with Crippen molar-refractivity contribution in [2.75, 3.05) is 0 Å². The van der Waals surface area contributed by atoms with Crippen molar-refractivity contribution in [1.29, 1.82) is 0 Å². The van der Waals surface area contributed by atoms with Crippen LogP contribution in [0, 0.1) is 0 Å². The van der Waals surface area contributed by atoms with E-state index in [2.05, 4.69) is 15.7 Å². The molecule has 1 aromatic carbocycles. The Kier molecular flexibility index (Phi) is 4.64. The number of carbonyl (C=O) groups is 2. The maximum absolute atomic E-state index is 12.7. The largest absolute Gasteiger partial charge is 0.347 e. The highest BCUT2D eigenvalue weighted by atomic mass is 16.2. The zero-order chi connectivity index (χ0) is 17.1. The first-order valence-corrected chi connectivity index (χ1v) is 8.25.